The Morgan fingerprint density at radius 3 is 1.11 bits per heavy atom. The van der Waals surface area contributed by atoms with E-state index >= 15 is 0 Å². The molecule has 0 N–H and O–H groups in total. The van der Waals surface area contributed by atoms with E-state index < -0.39 is 75.2 Å². The topological polar surface area (TPSA) is 43.6 Å². The van der Waals surface area contributed by atoms with Crippen molar-refractivity contribution >= 4 is 28.9 Å². The molecule has 4 aromatic rings. The molecule has 0 aliphatic carbocycles. The lowest BCUT2D eigenvalue weighted by Gasteiger charge is -2.15. The summed E-state index contributed by atoms with van der Waals surface area (Å²) in [7, 11) is 6.83. The predicted molar refractivity (Wildman–Crippen MR) is 146 cm³/mol. The van der Waals surface area contributed by atoms with Crippen LogP contribution in [0.4, 0.5) is 46.5 Å². The highest BCUT2D eigenvalue weighted by Gasteiger charge is 2.41. The van der Waals surface area contributed by atoms with E-state index in [9.17, 15) is 44.7 Å². The molecule has 0 heterocycles. The third-order valence-electron chi connectivity index (χ3n) is 6.61. The van der Waals surface area contributed by atoms with E-state index in [4.69, 9.17) is 0 Å². The molecule has 5 nitrogen and oxygen atoms in total. The molecule has 236 valence electrons. The molecule has 0 aliphatic heterocycles. The maximum atomic E-state index is 14.9. The maximum absolute atomic E-state index is 14.9. The molecule has 2 amide bonds. The molecule has 0 saturated carbocycles. The normalized spacial score (nSPS) is 10.7. The van der Waals surface area contributed by atoms with Crippen LogP contribution < -0.4 is 22.2 Å². The summed E-state index contributed by atoms with van der Waals surface area (Å²) in [6.07, 6.45) is 0. The van der Waals surface area contributed by atoms with Crippen molar-refractivity contribution in [3.05, 3.63) is 129 Å². The highest BCUT2D eigenvalue weighted by Crippen LogP contribution is 2.26. The van der Waals surface area contributed by atoms with E-state index in [1.54, 1.807) is 38.0 Å². The van der Waals surface area contributed by atoms with Gasteiger partial charge in [-0.1, -0.05) is 4.58 Å². The van der Waals surface area contributed by atoms with E-state index in [-0.39, 0.29) is 40.2 Å². The number of carbonyl (C=O) groups is 2. The summed E-state index contributed by atoms with van der Waals surface area (Å²) in [6.45, 7) is 0. The Balaban J connectivity index is 0.00000552. The molecule has 0 spiro atoms. The third-order valence-corrected chi connectivity index (χ3v) is 6.61. The lowest BCUT2D eigenvalue weighted by Crippen LogP contribution is -3.00. The average Bonchev–Trinajstić information content (AvgIpc) is 3.00. The molecule has 0 radical (unpaired) electrons. The number of imide groups is 1. The summed E-state index contributed by atoms with van der Waals surface area (Å²) < 4.78 is 114. The van der Waals surface area contributed by atoms with E-state index in [0.29, 0.717) is 11.4 Å². The van der Waals surface area contributed by atoms with E-state index in [0.717, 1.165) is 0 Å². The Kier molecular flexibility index (Phi) is 10.4. The van der Waals surface area contributed by atoms with Crippen LogP contribution in [-0.4, -0.2) is 50.3 Å². The van der Waals surface area contributed by atoms with Crippen LogP contribution in [0.15, 0.2) is 60.7 Å². The lowest BCUT2D eigenvalue weighted by atomic mass is 9.99. The Hall–Kier alpha value is -4.78. The molecule has 0 unspecified atom stereocenters. The average molecular weight is 656 g/mol. The van der Waals surface area contributed by atoms with Crippen molar-refractivity contribution in [1.29, 1.82) is 0 Å². The molecular weight excluding hydrogens is 634 g/mol. The second-order valence-corrected chi connectivity index (χ2v) is 9.87. The van der Waals surface area contributed by atoms with Crippen molar-refractivity contribution in [2.24, 2.45) is 0 Å². The number of carbonyl (C=O) groups excluding carboxylic acids is 2. The second-order valence-electron chi connectivity index (χ2n) is 9.87. The fraction of sp³-hybridized carbons (Fsp3) is 0.129. The molecule has 0 bridgehead atoms. The highest BCUT2D eigenvalue weighted by atomic mass is 35.5. The van der Waals surface area contributed by atoms with Crippen molar-refractivity contribution in [1.82, 2.24) is 0 Å². The van der Waals surface area contributed by atoms with Crippen LogP contribution in [0.2, 0.25) is 0 Å². The quantitative estimate of drug-likeness (QED) is 0.0798. The fourth-order valence-corrected chi connectivity index (χ4v) is 4.25. The van der Waals surface area contributed by atoms with Crippen LogP contribution in [0.3, 0.4) is 0 Å². The Morgan fingerprint density at radius 2 is 0.822 bits per heavy atom. The number of hydrogen-bond acceptors (Lipinski definition) is 4. The fourth-order valence-electron chi connectivity index (χ4n) is 4.25. The molecule has 0 aromatic heterocycles. The molecule has 45 heavy (non-hydrogen) atoms. The lowest BCUT2D eigenvalue weighted by molar-refractivity contribution is -0.328. The molecule has 4 aromatic carbocycles. The first-order valence-corrected chi connectivity index (χ1v) is 12.6. The maximum Gasteiger partial charge on any atom is 0.431 e. The van der Waals surface area contributed by atoms with Crippen LogP contribution in [0.1, 0.15) is 31.8 Å². The van der Waals surface area contributed by atoms with Crippen molar-refractivity contribution in [3.63, 3.8) is 0 Å². The summed E-state index contributed by atoms with van der Waals surface area (Å²) in [5.41, 5.74) is -2.19. The number of hydrogen-bond donors (Lipinski definition) is 0. The Bertz CT molecular complexity index is 1700. The number of halogens is 9. The van der Waals surface area contributed by atoms with Gasteiger partial charge in [-0.15, -0.1) is 0 Å². The third kappa shape index (κ3) is 6.53. The van der Waals surface area contributed by atoms with Gasteiger partial charge in [0.1, 0.15) is 11.1 Å². The first kappa shape index (κ1) is 34.7. The van der Waals surface area contributed by atoms with Crippen molar-refractivity contribution in [2.75, 3.05) is 38.0 Å². The number of nitrogens with zero attached hydrogens (tertiary/aromatic N) is 3. The molecule has 4 rings (SSSR count). The first-order chi connectivity index (χ1) is 20.6. The Labute approximate surface area is 258 Å². The smallest absolute Gasteiger partial charge is 0.431 e. The standard InChI is InChI=1S/C31H22F8N3O2.ClH/c1-40(2)17-9-5-15(6-10-17)29(16-7-11-18(12-8-16)41(3)4)42(30(43)19-13-21(32)25(36)27(38)23(19)34)31(44)20-14-22(33)26(37)28(39)24(20)35;/h5-14H,1-4H3;1H/q+1;/p-1. The van der Waals surface area contributed by atoms with Crippen molar-refractivity contribution in [2.45, 2.75) is 0 Å². The van der Waals surface area contributed by atoms with Gasteiger partial charge in [-0.3, -0.25) is 0 Å². The van der Waals surface area contributed by atoms with Gasteiger partial charge in [-0.05, 0) is 60.7 Å². The van der Waals surface area contributed by atoms with E-state index in [1.165, 1.54) is 48.5 Å². The van der Waals surface area contributed by atoms with Crippen LogP contribution in [0, 0.1) is 46.5 Å². The summed E-state index contributed by atoms with van der Waals surface area (Å²) in [5, 5.41) is 0. The SMILES string of the molecule is CN(C)c1ccc(C(c2ccc(N(C)C)cc2)=[N+](C(=O)c2cc(F)c(F)c(F)c2F)C(=O)c2cc(F)c(F)c(F)c2F)cc1.[Cl-]. The molecular formula is C31H22ClF8N3O2. The largest absolute Gasteiger partial charge is 1.00 e. The summed E-state index contributed by atoms with van der Waals surface area (Å²) in [6, 6.07) is 11.6. The predicted octanol–water partition coefficient (Wildman–Crippen LogP) is 3.47. The van der Waals surface area contributed by atoms with Gasteiger partial charge in [0.25, 0.3) is 0 Å². The minimum atomic E-state index is -2.39. The number of amides is 2. The highest BCUT2D eigenvalue weighted by molar-refractivity contribution is 6.17. The van der Waals surface area contributed by atoms with E-state index in [2.05, 4.69) is 0 Å². The molecule has 0 atom stereocenters. The van der Waals surface area contributed by atoms with Crippen LogP contribution >= 0.6 is 0 Å². The van der Waals surface area contributed by atoms with Crippen LogP contribution in [0.25, 0.3) is 0 Å². The van der Waals surface area contributed by atoms with Crippen LogP contribution in [0.5, 0.6) is 0 Å². The zero-order valence-electron chi connectivity index (χ0n) is 23.8. The number of benzene rings is 4. The van der Waals surface area contributed by atoms with Gasteiger partial charge in [-0.2, -0.15) is 0 Å². The first-order valence-electron chi connectivity index (χ1n) is 12.6. The van der Waals surface area contributed by atoms with Gasteiger partial charge in [0.15, 0.2) is 46.5 Å². The van der Waals surface area contributed by atoms with Gasteiger partial charge in [0, 0.05) is 50.7 Å². The molecule has 0 aliphatic rings. The minimum Gasteiger partial charge on any atom is -1.00 e. The van der Waals surface area contributed by atoms with Gasteiger partial charge in [0.2, 0.25) is 5.71 Å². The van der Waals surface area contributed by atoms with Gasteiger partial charge in [0.05, 0.1) is 0 Å². The van der Waals surface area contributed by atoms with Crippen molar-refractivity contribution < 1.29 is 61.7 Å². The monoisotopic (exact) mass is 655 g/mol. The van der Waals surface area contributed by atoms with E-state index in [1.807, 2.05) is 0 Å². The number of rotatable bonds is 6. The summed E-state index contributed by atoms with van der Waals surface area (Å²) >= 11 is 0. The van der Waals surface area contributed by atoms with Gasteiger partial charge in [-0.25, -0.2) is 44.7 Å². The minimum absolute atomic E-state index is 0. The summed E-state index contributed by atoms with van der Waals surface area (Å²) in [4.78, 5) is 31.1. The molecule has 0 fully saturated rings. The second kappa shape index (κ2) is 13.5. The Morgan fingerprint density at radius 1 is 0.511 bits per heavy atom. The zero-order valence-corrected chi connectivity index (χ0v) is 24.6. The molecule has 14 heteroatoms. The van der Waals surface area contributed by atoms with Crippen LogP contribution in [-0.2, 0) is 0 Å². The summed E-state index contributed by atoms with van der Waals surface area (Å²) in [5.74, 6) is -21.4. The number of anilines is 2. The van der Waals surface area contributed by atoms with Gasteiger partial charge < -0.3 is 22.2 Å². The molecule has 0 saturated heterocycles. The van der Waals surface area contributed by atoms with Gasteiger partial charge >= 0.3 is 11.8 Å². The zero-order chi connectivity index (χ0) is 32.6. The van der Waals surface area contributed by atoms with Crippen molar-refractivity contribution in [3.8, 4) is 0 Å².